The van der Waals surface area contributed by atoms with Crippen LogP contribution in [0.25, 0.3) is 0 Å². The molecule has 0 amide bonds. The summed E-state index contributed by atoms with van der Waals surface area (Å²) in [6.07, 6.45) is 5.41. The second-order valence-corrected chi connectivity index (χ2v) is 5.46. The van der Waals surface area contributed by atoms with Crippen molar-refractivity contribution in [3.63, 3.8) is 0 Å². The largest absolute Gasteiger partial charge is 0.468 e. The van der Waals surface area contributed by atoms with Gasteiger partial charge < -0.3 is 9.47 Å². The van der Waals surface area contributed by atoms with Crippen LogP contribution in [0.2, 0.25) is 0 Å². The first-order chi connectivity index (χ1) is 8.51. The van der Waals surface area contributed by atoms with E-state index in [1.165, 1.54) is 7.11 Å². The molecular formula is C14H27NO3. The summed E-state index contributed by atoms with van der Waals surface area (Å²) in [5.74, 6) is -0.193. The highest BCUT2D eigenvalue weighted by Crippen LogP contribution is 2.25. The summed E-state index contributed by atoms with van der Waals surface area (Å²) in [5, 5.41) is 3.37. The predicted molar refractivity (Wildman–Crippen MR) is 71.5 cm³/mol. The first-order valence-corrected chi connectivity index (χ1v) is 6.99. The maximum Gasteiger partial charge on any atom is 0.325 e. The van der Waals surface area contributed by atoms with Crippen molar-refractivity contribution >= 4 is 5.97 Å². The molecule has 1 rings (SSSR count). The molecule has 0 heterocycles. The van der Waals surface area contributed by atoms with Gasteiger partial charge in [0, 0.05) is 12.6 Å². The van der Waals surface area contributed by atoms with Gasteiger partial charge in [0.25, 0.3) is 0 Å². The predicted octanol–water partition coefficient (Wildman–Crippen LogP) is 2.27. The number of carbonyl (C=O) groups is 1. The Balaban J connectivity index is 2.38. The smallest absolute Gasteiger partial charge is 0.325 e. The third-order valence-corrected chi connectivity index (χ3v) is 3.44. The van der Waals surface area contributed by atoms with Crippen LogP contribution in [0.5, 0.6) is 0 Å². The summed E-state index contributed by atoms with van der Waals surface area (Å²) in [5.41, 5.74) is -0.609. The van der Waals surface area contributed by atoms with Crippen LogP contribution in [-0.2, 0) is 14.3 Å². The molecule has 1 N–H and O–H groups in total. The minimum atomic E-state index is -0.609. The maximum absolute atomic E-state index is 11.9. The van der Waals surface area contributed by atoms with Gasteiger partial charge in [0.2, 0.25) is 0 Å². The lowest BCUT2D eigenvalue weighted by atomic mass is 9.98. The molecule has 1 saturated carbocycles. The Kier molecular flexibility index (Phi) is 6.09. The van der Waals surface area contributed by atoms with Crippen molar-refractivity contribution in [3.05, 3.63) is 0 Å². The molecule has 0 radical (unpaired) electrons. The zero-order chi connectivity index (χ0) is 13.6. The second-order valence-electron chi connectivity index (χ2n) is 5.46. The maximum atomic E-state index is 11.9. The van der Waals surface area contributed by atoms with E-state index >= 15 is 0 Å². The number of ether oxygens (including phenoxy) is 2. The number of esters is 1. The molecule has 0 aromatic rings. The van der Waals surface area contributed by atoms with Crippen molar-refractivity contribution in [2.75, 3.05) is 13.7 Å². The zero-order valence-electron chi connectivity index (χ0n) is 12.1. The topological polar surface area (TPSA) is 47.6 Å². The van der Waals surface area contributed by atoms with Gasteiger partial charge in [0.15, 0.2) is 0 Å². The summed E-state index contributed by atoms with van der Waals surface area (Å²) in [7, 11) is 1.44. The van der Waals surface area contributed by atoms with Crippen LogP contribution in [-0.4, -0.2) is 37.4 Å². The van der Waals surface area contributed by atoms with Crippen LogP contribution in [0.4, 0.5) is 0 Å². The Bertz CT molecular complexity index is 266. The van der Waals surface area contributed by atoms with E-state index in [0.717, 1.165) is 25.7 Å². The van der Waals surface area contributed by atoms with E-state index in [-0.39, 0.29) is 12.1 Å². The van der Waals surface area contributed by atoms with E-state index in [0.29, 0.717) is 19.1 Å². The zero-order valence-corrected chi connectivity index (χ0v) is 12.1. The van der Waals surface area contributed by atoms with E-state index in [2.05, 4.69) is 19.2 Å². The molecule has 0 aromatic heterocycles. The van der Waals surface area contributed by atoms with Gasteiger partial charge in [-0.1, -0.05) is 13.3 Å². The number of carbonyl (C=O) groups excluding carboxylic acids is 1. The second kappa shape index (κ2) is 7.10. The van der Waals surface area contributed by atoms with Gasteiger partial charge in [0.05, 0.1) is 13.2 Å². The standard InChI is InChI=1S/C14H27NO3/c1-5-6-11(2)18-10-9-14(3,13(16)17-4)15-12-7-8-12/h11-12,15H,5-10H2,1-4H3. The van der Waals surface area contributed by atoms with E-state index < -0.39 is 5.54 Å². The molecular weight excluding hydrogens is 230 g/mol. The van der Waals surface area contributed by atoms with Gasteiger partial charge in [-0.3, -0.25) is 10.1 Å². The quantitative estimate of drug-likeness (QED) is 0.644. The summed E-state index contributed by atoms with van der Waals surface area (Å²) in [6, 6.07) is 0.474. The highest BCUT2D eigenvalue weighted by Gasteiger charge is 2.39. The molecule has 0 aromatic carbocycles. The highest BCUT2D eigenvalue weighted by molar-refractivity contribution is 5.80. The highest BCUT2D eigenvalue weighted by atomic mass is 16.5. The van der Waals surface area contributed by atoms with Crippen LogP contribution < -0.4 is 5.32 Å². The van der Waals surface area contributed by atoms with Crippen molar-refractivity contribution in [1.82, 2.24) is 5.32 Å². The Hall–Kier alpha value is -0.610. The Labute approximate surface area is 110 Å². The normalized spacial score (nSPS) is 20.2. The van der Waals surface area contributed by atoms with Gasteiger partial charge in [-0.25, -0.2) is 0 Å². The van der Waals surface area contributed by atoms with Gasteiger partial charge >= 0.3 is 5.97 Å². The van der Waals surface area contributed by atoms with Crippen molar-refractivity contribution in [1.29, 1.82) is 0 Å². The summed E-state index contributed by atoms with van der Waals surface area (Å²) in [6.45, 7) is 6.72. The number of hydrogen-bond donors (Lipinski definition) is 1. The van der Waals surface area contributed by atoms with E-state index in [4.69, 9.17) is 9.47 Å². The van der Waals surface area contributed by atoms with Crippen LogP contribution in [0, 0.1) is 0 Å². The van der Waals surface area contributed by atoms with E-state index in [9.17, 15) is 4.79 Å². The number of hydrogen-bond acceptors (Lipinski definition) is 4. The van der Waals surface area contributed by atoms with Gasteiger partial charge in [-0.2, -0.15) is 0 Å². The van der Waals surface area contributed by atoms with Gasteiger partial charge in [-0.05, 0) is 39.5 Å². The lowest BCUT2D eigenvalue weighted by molar-refractivity contribution is -0.149. The summed E-state index contributed by atoms with van der Waals surface area (Å²) in [4.78, 5) is 11.9. The van der Waals surface area contributed by atoms with Crippen LogP contribution in [0.3, 0.4) is 0 Å². The molecule has 2 atom stereocenters. The fraction of sp³-hybridized carbons (Fsp3) is 0.929. The van der Waals surface area contributed by atoms with Crippen LogP contribution in [0.15, 0.2) is 0 Å². The first-order valence-electron chi connectivity index (χ1n) is 6.99. The first kappa shape index (κ1) is 15.4. The van der Waals surface area contributed by atoms with Crippen molar-refractivity contribution in [3.8, 4) is 0 Å². The van der Waals surface area contributed by atoms with E-state index in [1.807, 2.05) is 6.92 Å². The number of nitrogens with one attached hydrogen (secondary N) is 1. The molecule has 0 saturated heterocycles. The Morgan fingerprint density at radius 2 is 2.17 bits per heavy atom. The van der Waals surface area contributed by atoms with Crippen LogP contribution in [0.1, 0.15) is 52.9 Å². The fourth-order valence-electron chi connectivity index (χ4n) is 2.09. The fourth-order valence-corrected chi connectivity index (χ4v) is 2.09. The molecule has 1 aliphatic carbocycles. The molecule has 0 spiro atoms. The van der Waals surface area contributed by atoms with Crippen LogP contribution >= 0.6 is 0 Å². The summed E-state index contributed by atoms with van der Waals surface area (Å²) < 4.78 is 10.6. The molecule has 18 heavy (non-hydrogen) atoms. The van der Waals surface area contributed by atoms with Gasteiger partial charge in [-0.15, -0.1) is 0 Å². The Morgan fingerprint density at radius 1 is 1.50 bits per heavy atom. The lowest BCUT2D eigenvalue weighted by Gasteiger charge is -2.28. The molecule has 1 aliphatic rings. The molecule has 106 valence electrons. The molecule has 0 bridgehead atoms. The summed E-state index contributed by atoms with van der Waals surface area (Å²) >= 11 is 0. The third-order valence-electron chi connectivity index (χ3n) is 3.44. The molecule has 1 fully saturated rings. The average molecular weight is 257 g/mol. The minimum absolute atomic E-state index is 0.193. The monoisotopic (exact) mass is 257 g/mol. The van der Waals surface area contributed by atoms with Crippen molar-refractivity contribution in [2.24, 2.45) is 0 Å². The Morgan fingerprint density at radius 3 is 2.67 bits per heavy atom. The van der Waals surface area contributed by atoms with Crippen molar-refractivity contribution < 1.29 is 14.3 Å². The van der Waals surface area contributed by atoms with E-state index in [1.54, 1.807) is 0 Å². The lowest BCUT2D eigenvalue weighted by Crippen LogP contribution is -2.52. The molecule has 4 heteroatoms. The molecule has 0 aliphatic heterocycles. The minimum Gasteiger partial charge on any atom is -0.468 e. The SMILES string of the molecule is CCCC(C)OCCC(C)(NC1CC1)C(=O)OC. The molecule has 4 nitrogen and oxygen atoms in total. The van der Waals surface area contributed by atoms with Crippen molar-refractivity contribution in [2.45, 2.75) is 70.6 Å². The number of rotatable bonds is 9. The van der Waals surface area contributed by atoms with Gasteiger partial charge in [0.1, 0.15) is 5.54 Å². The molecule has 2 unspecified atom stereocenters. The third kappa shape index (κ3) is 4.94. The average Bonchev–Trinajstić information content (AvgIpc) is 3.12. The number of methoxy groups -OCH3 is 1.